The van der Waals surface area contributed by atoms with Crippen molar-refractivity contribution >= 4 is 12.9 Å². The van der Waals surface area contributed by atoms with E-state index >= 15 is 4.57 Å². The molecule has 0 fully saturated rings. The van der Waals surface area contributed by atoms with Gasteiger partial charge in [-0.1, -0.05) is 178 Å². The van der Waals surface area contributed by atoms with Gasteiger partial charge in [-0.15, -0.1) is 0 Å². The molecule has 4 heteroatoms. The van der Waals surface area contributed by atoms with Crippen LogP contribution in [0.4, 0.5) is 0 Å². The van der Waals surface area contributed by atoms with Crippen LogP contribution in [0.15, 0.2) is 182 Å². The largest absolute Gasteiger partial charge is 0.463 e. The first-order valence-electron chi connectivity index (χ1n) is 17.4. The van der Waals surface area contributed by atoms with Crippen molar-refractivity contribution in [2.24, 2.45) is 0 Å². The fourth-order valence-corrected chi connectivity index (χ4v) is 8.72. The monoisotopic (exact) mass is 684 g/mol. The smallest absolute Gasteiger partial charge is 0.412 e. The highest BCUT2D eigenvalue weighted by Crippen LogP contribution is 2.54. The molecule has 51 heavy (non-hydrogen) atoms. The van der Waals surface area contributed by atoms with Crippen molar-refractivity contribution in [2.45, 2.75) is 32.6 Å². The maximum atomic E-state index is 15.8. The van der Waals surface area contributed by atoms with Gasteiger partial charge in [0.25, 0.3) is 0 Å². The predicted molar refractivity (Wildman–Crippen MR) is 211 cm³/mol. The molecule has 0 aliphatic carbocycles. The van der Waals surface area contributed by atoms with E-state index < -0.39 is 7.60 Å². The van der Waals surface area contributed by atoms with E-state index in [-0.39, 0.29) is 11.8 Å². The third kappa shape index (κ3) is 7.17. The standard InChI is InChI=1S/C47H41O3P/c1-34-20-16-17-33-45(34)51(48,49-43-31-18-29-41(35(2)37-21-8-4-9-22-37)46(43)39-25-12-6-13-26-39)50-44-32-19-30-42(36(3)38-23-10-5-11-24-38)47(44)40-27-14-7-15-28-40/h4-33,35-36H,1-3H3. The van der Waals surface area contributed by atoms with Gasteiger partial charge in [0, 0.05) is 23.0 Å². The van der Waals surface area contributed by atoms with Gasteiger partial charge >= 0.3 is 7.60 Å². The lowest BCUT2D eigenvalue weighted by atomic mass is 9.87. The Morgan fingerprint density at radius 3 is 1.22 bits per heavy atom. The van der Waals surface area contributed by atoms with Crippen LogP contribution >= 0.6 is 7.60 Å². The summed E-state index contributed by atoms with van der Waals surface area (Å²) >= 11 is 0. The van der Waals surface area contributed by atoms with E-state index in [0.717, 1.165) is 38.9 Å². The lowest BCUT2D eigenvalue weighted by molar-refractivity contribution is 0.400. The van der Waals surface area contributed by atoms with Crippen molar-refractivity contribution in [3.63, 3.8) is 0 Å². The molecule has 0 aromatic heterocycles. The zero-order valence-electron chi connectivity index (χ0n) is 29.1. The van der Waals surface area contributed by atoms with Gasteiger partial charge in [-0.3, -0.25) is 0 Å². The van der Waals surface area contributed by atoms with E-state index in [9.17, 15) is 0 Å². The van der Waals surface area contributed by atoms with Crippen LogP contribution in [0.5, 0.6) is 11.5 Å². The summed E-state index contributed by atoms with van der Waals surface area (Å²) < 4.78 is 29.6. The van der Waals surface area contributed by atoms with Gasteiger partial charge < -0.3 is 9.05 Å². The Bertz CT molecular complexity index is 2130. The Balaban J connectivity index is 1.41. The van der Waals surface area contributed by atoms with Crippen LogP contribution in [0.25, 0.3) is 22.3 Å². The number of hydrogen-bond acceptors (Lipinski definition) is 3. The Labute approximate surface area is 301 Å². The molecule has 0 bridgehead atoms. The van der Waals surface area contributed by atoms with Crippen molar-refractivity contribution in [1.29, 1.82) is 0 Å². The fourth-order valence-electron chi connectivity index (χ4n) is 6.89. The summed E-state index contributed by atoms with van der Waals surface area (Å²) in [6.45, 7) is 6.35. The van der Waals surface area contributed by atoms with Gasteiger partial charge in [-0.2, -0.15) is 0 Å². The third-order valence-electron chi connectivity index (χ3n) is 9.62. The first kappa shape index (κ1) is 33.8. The Morgan fingerprint density at radius 1 is 0.431 bits per heavy atom. The van der Waals surface area contributed by atoms with Gasteiger partial charge in [0.2, 0.25) is 0 Å². The Morgan fingerprint density at radius 2 is 0.804 bits per heavy atom. The summed E-state index contributed by atoms with van der Waals surface area (Å²) in [5.41, 5.74) is 9.07. The van der Waals surface area contributed by atoms with Crippen LogP contribution in [0.3, 0.4) is 0 Å². The SMILES string of the molecule is Cc1ccccc1P(=O)(Oc1cccc(C(C)c2ccccc2)c1-c1ccccc1)Oc1cccc(C(C)c2ccccc2)c1-c1ccccc1. The molecule has 2 unspecified atom stereocenters. The van der Waals surface area contributed by atoms with Crippen LogP contribution in [0.1, 0.15) is 53.5 Å². The molecule has 7 rings (SSSR count). The summed E-state index contributed by atoms with van der Waals surface area (Å²) in [6, 6.07) is 60.9. The minimum Gasteiger partial charge on any atom is -0.412 e. The van der Waals surface area contributed by atoms with E-state index in [1.54, 1.807) is 0 Å². The fraction of sp³-hybridized carbons (Fsp3) is 0.106. The molecule has 2 atom stereocenters. The molecule has 7 aromatic rings. The van der Waals surface area contributed by atoms with Gasteiger partial charge in [0.05, 0.1) is 5.30 Å². The number of aryl methyl sites for hydroxylation is 1. The van der Waals surface area contributed by atoms with E-state index in [4.69, 9.17) is 9.05 Å². The molecule has 0 saturated heterocycles. The second-order valence-corrected chi connectivity index (χ2v) is 14.7. The molecular formula is C47H41O3P. The van der Waals surface area contributed by atoms with Crippen LogP contribution < -0.4 is 14.4 Å². The molecule has 0 radical (unpaired) electrons. The molecule has 3 nitrogen and oxygen atoms in total. The lowest BCUT2D eigenvalue weighted by Gasteiger charge is -2.27. The molecule has 252 valence electrons. The predicted octanol–water partition coefficient (Wildman–Crippen LogP) is 12.6. The minimum atomic E-state index is -4.09. The Kier molecular flexibility index (Phi) is 10.0. The zero-order valence-corrected chi connectivity index (χ0v) is 30.0. The molecule has 7 aromatic carbocycles. The molecule has 0 amide bonds. The summed E-state index contributed by atoms with van der Waals surface area (Å²) in [7, 11) is -4.09. The minimum absolute atomic E-state index is 0.0459. The second-order valence-electron chi connectivity index (χ2n) is 12.9. The van der Waals surface area contributed by atoms with Gasteiger partial charge in [0.1, 0.15) is 11.5 Å². The average molecular weight is 685 g/mol. The summed E-state index contributed by atoms with van der Waals surface area (Å²) in [5.74, 6) is 1.10. The molecule has 0 aliphatic rings. The first-order chi connectivity index (χ1) is 24.9. The average Bonchev–Trinajstić information content (AvgIpc) is 3.18. The van der Waals surface area contributed by atoms with Crippen LogP contribution in [0.2, 0.25) is 0 Å². The molecule has 0 aliphatic heterocycles. The third-order valence-corrected chi connectivity index (χ3v) is 11.6. The maximum absolute atomic E-state index is 15.8. The number of hydrogen-bond donors (Lipinski definition) is 0. The van der Waals surface area contributed by atoms with E-state index in [0.29, 0.717) is 16.8 Å². The van der Waals surface area contributed by atoms with E-state index in [2.05, 4.69) is 98.8 Å². The highest BCUT2D eigenvalue weighted by Gasteiger charge is 2.36. The highest BCUT2D eigenvalue weighted by atomic mass is 31.2. The van der Waals surface area contributed by atoms with Crippen molar-refractivity contribution < 1.29 is 13.6 Å². The van der Waals surface area contributed by atoms with E-state index in [1.165, 1.54) is 11.1 Å². The molecule has 0 N–H and O–H groups in total. The summed E-state index contributed by atoms with van der Waals surface area (Å²) in [6.07, 6.45) is 0. The lowest BCUT2D eigenvalue weighted by Crippen LogP contribution is -2.18. The highest BCUT2D eigenvalue weighted by molar-refractivity contribution is 7.63. The molecular weight excluding hydrogens is 643 g/mol. The molecule has 0 saturated carbocycles. The normalized spacial score (nSPS) is 13.5. The van der Waals surface area contributed by atoms with Gasteiger partial charge in [0.15, 0.2) is 0 Å². The summed E-state index contributed by atoms with van der Waals surface area (Å²) in [4.78, 5) is 0. The van der Waals surface area contributed by atoms with Crippen LogP contribution in [-0.2, 0) is 4.57 Å². The van der Waals surface area contributed by atoms with Crippen LogP contribution in [0, 0.1) is 6.92 Å². The number of rotatable bonds is 11. The van der Waals surface area contributed by atoms with Crippen molar-refractivity contribution in [3.05, 3.63) is 210 Å². The van der Waals surface area contributed by atoms with Crippen LogP contribution in [-0.4, -0.2) is 0 Å². The van der Waals surface area contributed by atoms with E-state index in [1.807, 2.05) is 104 Å². The van der Waals surface area contributed by atoms with Gasteiger partial charge in [-0.05, 0) is 64.1 Å². The van der Waals surface area contributed by atoms with Crippen molar-refractivity contribution in [3.8, 4) is 33.8 Å². The quantitative estimate of drug-likeness (QED) is 0.127. The first-order valence-corrected chi connectivity index (χ1v) is 19.0. The number of benzene rings is 7. The van der Waals surface area contributed by atoms with Crippen molar-refractivity contribution in [2.75, 3.05) is 0 Å². The topological polar surface area (TPSA) is 35.5 Å². The van der Waals surface area contributed by atoms with Crippen molar-refractivity contribution in [1.82, 2.24) is 0 Å². The Hall–Kier alpha value is -5.63. The molecule has 0 spiro atoms. The summed E-state index contributed by atoms with van der Waals surface area (Å²) in [5, 5.41) is 0.519. The molecule has 0 heterocycles. The maximum Gasteiger partial charge on any atom is 0.463 e. The zero-order chi connectivity index (χ0) is 35.2. The van der Waals surface area contributed by atoms with Gasteiger partial charge in [-0.25, -0.2) is 4.57 Å². The second kappa shape index (κ2) is 15.1.